The number of nitrogens with zero attached hydrogens (tertiary/aromatic N) is 2. The van der Waals surface area contributed by atoms with Gasteiger partial charge in [-0.2, -0.15) is 5.26 Å². The SMILES string of the molecule is COc1cc(OCC#N)c(Cl)cc1NC(=O)N(S)c1ccc(NC(C)=O)cc1. The summed E-state index contributed by atoms with van der Waals surface area (Å²) in [5.74, 6) is 0.363. The maximum absolute atomic E-state index is 12.5. The molecule has 0 aliphatic carbocycles. The minimum absolute atomic E-state index is 0.173. The molecule has 0 bridgehead atoms. The van der Waals surface area contributed by atoms with E-state index in [1.165, 1.54) is 26.2 Å². The average Bonchev–Trinajstić information content (AvgIpc) is 2.67. The highest BCUT2D eigenvalue weighted by molar-refractivity contribution is 7.82. The highest BCUT2D eigenvalue weighted by Crippen LogP contribution is 2.36. The number of rotatable bonds is 6. The van der Waals surface area contributed by atoms with Crippen molar-refractivity contribution >= 4 is 53.4 Å². The first-order valence-corrected chi connectivity index (χ1v) is 8.68. The summed E-state index contributed by atoms with van der Waals surface area (Å²) < 4.78 is 11.5. The van der Waals surface area contributed by atoms with E-state index >= 15 is 0 Å². The largest absolute Gasteiger partial charge is 0.494 e. The molecular weight excluding hydrogens is 404 g/mol. The summed E-state index contributed by atoms with van der Waals surface area (Å²) in [4.78, 5) is 23.6. The van der Waals surface area contributed by atoms with E-state index in [9.17, 15) is 9.59 Å². The molecule has 10 heteroatoms. The van der Waals surface area contributed by atoms with Gasteiger partial charge in [0.2, 0.25) is 5.91 Å². The fourth-order valence-corrected chi connectivity index (χ4v) is 2.60. The number of carbonyl (C=O) groups is 2. The summed E-state index contributed by atoms with van der Waals surface area (Å²) >= 11 is 10.3. The van der Waals surface area contributed by atoms with Crippen LogP contribution < -0.4 is 24.4 Å². The Balaban J connectivity index is 2.16. The number of hydrogen-bond acceptors (Lipinski definition) is 6. The zero-order valence-corrected chi connectivity index (χ0v) is 16.7. The van der Waals surface area contributed by atoms with Gasteiger partial charge in [-0.05, 0) is 30.3 Å². The van der Waals surface area contributed by atoms with Crippen LogP contribution in [0, 0.1) is 11.3 Å². The molecule has 2 N–H and O–H groups in total. The lowest BCUT2D eigenvalue weighted by Gasteiger charge is -2.19. The van der Waals surface area contributed by atoms with Crippen molar-refractivity contribution in [2.24, 2.45) is 0 Å². The molecular formula is C18H17ClN4O4S. The number of thiol groups is 1. The van der Waals surface area contributed by atoms with Crippen molar-refractivity contribution in [1.29, 1.82) is 5.26 Å². The van der Waals surface area contributed by atoms with Crippen LogP contribution in [0.1, 0.15) is 6.92 Å². The summed E-state index contributed by atoms with van der Waals surface area (Å²) in [6.07, 6.45) is 0. The Hall–Kier alpha value is -3.09. The monoisotopic (exact) mass is 420 g/mol. The van der Waals surface area contributed by atoms with E-state index in [4.69, 9.17) is 26.3 Å². The van der Waals surface area contributed by atoms with Gasteiger partial charge in [-0.25, -0.2) is 9.10 Å². The number of amides is 3. The molecule has 0 heterocycles. The average molecular weight is 421 g/mol. The molecule has 0 atom stereocenters. The zero-order chi connectivity index (χ0) is 20.7. The number of nitrogens with one attached hydrogen (secondary N) is 2. The number of methoxy groups -OCH3 is 1. The Labute approximate surface area is 172 Å². The maximum atomic E-state index is 12.5. The molecule has 0 aliphatic heterocycles. The number of urea groups is 1. The van der Waals surface area contributed by atoms with Gasteiger partial charge in [-0.15, -0.1) is 0 Å². The van der Waals surface area contributed by atoms with E-state index in [0.717, 1.165) is 4.31 Å². The molecule has 146 valence electrons. The second-order valence-corrected chi connectivity index (χ2v) is 6.21. The molecule has 0 spiro atoms. The molecule has 28 heavy (non-hydrogen) atoms. The summed E-state index contributed by atoms with van der Waals surface area (Å²) in [7, 11) is 1.42. The fraction of sp³-hybridized carbons (Fsp3) is 0.167. The number of benzene rings is 2. The molecule has 0 unspecified atom stereocenters. The Morgan fingerprint density at radius 3 is 2.46 bits per heavy atom. The normalized spacial score (nSPS) is 9.82. The fourth-order valence-electron chi connectivity index (χ4n) is 2.20. The Kier molecular flexibility index (Phi) is 7.37. The van der Waals surface area contributed by atoms with E-state index in [2.05, 4.69) is 23.4 Å². The summed E-state index contributed by atoms with van der Waals surface area (Å²) in [5, 5.41) is 14.1. The molecule has 0 aliphatic rings. The van der Waals surface area contributed by atoms with Crippen LogP contribution in [0.15, 0.2) is 36.4 Å². The van der Waals surface area contributed by atoms with Crippen LogP contribution in [-0.2, 0) is 4.79 Å². The van der Waals surface area contributed by atoms with E-state index in [1.54, 1.807) is 24.3 Å². The molecule has 0 radical (unpaired) electrons. The van der Waals surface area contributed by atoms with Crippen molar-refractivity contribution < 1.29 is 19.1 Å². The molecule has 0 saturated heterocycles. The summed E-state index contributed by atoms with van der Waals surface area (Å²) in [5.41, 5.74) is 1.38. The molecule has 2 aromatic carbocycles. The second-order valence-electron chi connectivity index (χ2n) is 5.40. The molecule has 3 amide bonds. The van der Waals surface area contributed by atoms with Crippen molar-refractivity contribution in [3.63, 3.8) is 0 Å². The highest BCUT2D eigenvalue weighted by Gasteiger charge is 2.17. The number of halogens is 1. The lowest BCUT2D eigenvalue weighted by atomic mass is 10.2. The minimum atomic E-state index is -0.560. The van der Waals surface area contributed by atoms with E-state index < -0.39 is 6.03 Å². The van der Waals surface area contributed by atoms with Gasteiger partial charge < -0.3 is 20.1 Å². The van der Waals surface area contributed by atoms with E-state index in [1.807, 2.05) is 6.07 Å². The van der Waals surface area contributed by atoms with Crippen molar-refractivity contribution in [3.8, 4) is 17.6 Å². The number of hydrogen-bond donors (Lipinski definition) is 3. The Bertz CT molecular complexity index is 915. The van der Waals surface area contributed by atoms with E-state index in [0.29, 0.717) is 22.8 Å². The van der Waals surface area contributed by atoms with Gasteiger partial charge in [-0.1, -0.05) is 24.4 Å². The standard InChI is InChI=1S/C18H17ClN4O4S/c1-11(24)21-12-3-5-13(6-4-12)23(28)18(25)22-15-9-14(19)16(27-8-7-20)10-17(15)26-2/h3-6,9-10,28H,8H2,1-2H3,(H,21,24)(H,22,25). The first kappa shape index (κ1) is 21.2. The number of anilines is 3. The van der Waals surface area contributed by atoms with Crippen LogP contribution >= 0.6 is 24.4 Å². The van der Waals surface area contributed by atoms with Crippen LogP contribution in [0.3, 0.4) is 0 Å². The van der Waals surface area contributed by atoms with Gasteiger partial charge >= 0.3 is 6.03 Å². The molecule has 2 aromatic rings. The smallest absolute Gasteiger partial charge is 0.336 e. The summed E-state index contributed by atoms with van der Waals surface area (Å²) in [6, 6.07) is 10.7. The van der Waals surface area contributed by atoms with Crippen molar-refractivity contribution in [1.82, 2.24) is 0 Å². The van der Waals surface area contributed by atoms with Gasteiger partial charge in [0.05, 0.1) is 23.5 Å². The van der Waals surface area contributed by atoms with Crippen molar-refractivity contribution in [2.45, 2.75) is 6.92 Å². The van der Waals surface area contributed by atoms with Crippen LogP contribution in [0.4, 0.5) is 21.9 Å². The van der Waals surface area contributed by atoms with Crippen molar-refractivity contribution in [3.05, 3.63) is 41.4 Å². The quantitative estimate of drug-likeness (QED) is 0.610. The van der Waals surface area contributed by atoms with E-state index in [-0.39, 0.29) is 23.3 Å². The second kappa shape index (κ2) is 9.73. The van der Waals surface area contributed by atoms with Gasteiger partial charge in [0.1, 0.15) is 17.6 Å². The number of carbonyl (C=O) groups excluding carboxylic acids is 2. The zero-order valence-electron chi connectivity index (χ0n) is 15.0. The van der Waals surface area contributed by atoms with Gasteiger partial charge in [0, 0.05) is 18.7 Å². The first-order chi connectivity index (χ1) is 13.3. The van der Waals surface area contributed by atoms with Crippen LogP contribution in [0.2, 0.25) is 5.02 Å². The van der Waals surface area contributed by atoms with Gasteiger partial charge in [-0.3, -0.25) is 4.79 Å². The highest BCUT2D eigenvalue weighted by atomic mass is 35.5. The Morgan fingerprint density at radius 1 is 1.21 bits per heavy atom. The molecule has 0 saturated carbocycles. The molecule has 2 rings (SSSR count). The lowest BCUT2D eigenvalue weighted by Crippen LogP contribution is -2.27. The third-order valence-corrected chi connectivity index (χ3v) is 4.12. The molecule has 8 nitrogen and oxygen atoms in total. The van der Waals surface area contributed by atoms with Crippen LogP contribution in [0.25, 0.3) is 0 Å². The number of ether oxygens (including phenoxy) is 2. The maximum Gasteiger partial charge on any atom is 0.336 e. The predicted octanol–water partition coefficient (Wildman–Crippen LogP) is 4.09. The summed E-state index contributed by atoms with van der Waals surface area (Å²) in [6.45, 7) is 1.23. The number of nitriles is 1. The van der Waals surface area contributed by atoms with Gasteiger partial charge in [0.25, 0.3) is 0 Å². The van der Waals surface area contributed by atoms with Crippen LogP contribution in [0.5, 0.6) is 11.5 Å². The predicted molar refractivity (Wildman–Crippen MR) is 110 cm³/mol. The third kappa shape index (κ3) is 5.45. The minimum Gasteiger partial charge on any atom is -0.494 e. The topological polar surface area (TPSA) is 104 Å². The first-order valence-electron chi connectivity index (χ1n) is 7.90. The molecule has 0 aromatic heterocycles. The third-order valence-electron chi connectivity index (χ3n) is 3.41. The van der Waals surface area contributed by atoms with Crippen LogP contribution in [-0.4, -0.2) is 25.7 Å². The Morgan fingerprint density at radius 2 is 1.89 bits per heavy atom. The lowest BCUT2D eigenvalue weighted by molar-refractivity contribution is -0.114. The van der Waals surface area contributed by atoms with Crippen molar-refractivity contribution in [2.75, 3.05) is 28.7 Å². The molecule has 0 fully saturated rings. The van der Waals surface area contributed by atoms with Gasteiger partial charge in [0.15, 0.2) is 6.61 Å².